The lowest BCUT2D eigenvalue weighted by atomic mass is 10.0. The number of carbonyl (C=O) groups is 2. The molecule has 0 radical (unpaired) electrons. The van der Waals surface area contributed by atoms with Crippen LogP contribution in [0.25, 0.3) is 6.08 Å². The maximum absolute atomic E-state index is 12.6. The highest BCUT2D eigenvalue weighted by atomic mass is 16.2. The number of aromatic nitrogens is 3. The number of hydrogen-bond acceptors (Lipinski definition) is 6. The molecular formula is C19H23N7O2. The maximum Gasteiger partial charge on any atom is 0.273 e. The van der Waals surface area contributed by atoms with Gasteiger partial charge in [-0.2, -0.15) is 5.10 Å². The van der Waals surface area contributed by atoms with Crippen LogP contribution in [0.2, 0.25) is 0 Å². The minimum absolute atomic E-state index is 0.142. The van der Waals surface area contributed by atoms with Crippen molar-refractivity contribution in [2.75, 3.05) is 27.2 Å². The van der Waals surface area contributed by atoms with Gasteiger partial charge >= 0.3 is 0 Å². The SMILES string of the molecule is Cc1[nH]c(C=C2C(=O)NN=C2c2cnccn2)c(C)c1C(=O)NCCN(C)C. The zero-order chi connectivity index (χ0) is 20.3. The number of carbonyl (C=O) groups excluding carboxylic acids is 2. The first-order valence-electron chi connectivity index (χ1n) is 8.87. The van der Waals surface area contributed by atoms with Crippen molar-refractivity contribution in [2.45, 2.75) is 13.8 Å². The molecule has 0 fully saturated rings. The summed E-state index contributed by atoms with van der Waals surface area (Å²) in [4.78, 5) is 38.3. The number of rotatable bonds is 6. The average molecular weight is 381 g/mol. The van der Waals surface area contributed by atoms with E-state index in [1.54, 1.807) is 24.7 Å². The molecule has 9 nitrogen and oxygen atoms in total. The second-order valence-electron chi connectivity index (χ2n) is 6.77. The summed E-state index contributed by atoms with van der Waals surface area (Å²) in [7, 11) is 3.90. The number of amides is 2. The van der Waals surface area contributed by atoms with Crippen LogP contribution >= 0.6 is 0 Å². The zero-order valence-electron chi connectivity index (χ0n) is 16.3. The molecule has 3 N–H and O–H groups in total. The first-order valence-corrected chi connectivity index (χ1v) is 8.87. The number of aromatic amines is 1. The lowest BCUT2D eigenvalue weighted by molar-refractivity contribution is -0.116. The van der Waals surface area contributed by atoms with Gasteiger partial charge in [-0.1, -0.05) is 0 Å². The van der Waals surface area contributed by atoms with Gasteiger partial charge in [-0.15, -0.1) is 0 Å². The summed E-state index contributed by atoms with van der Waals surface area (Å²) < 4.78 is 0. The summed E-state index contributed by atoms with van der Waals surface area (Å²) in [6.07, 6.45) is 6.33. The topological polar surface area (TPSA) is 115 Å². The molecule has 0 aliphatic carbocycles. The zero-order valence-corrected chi connectivity index (χ0v) is 16.3. The van der Waals surface area contributed by atoms with Crippen LogP contribution in [-0.2, 0) is 4.79 Å². The summed E-state index contributed by atoms with van der Waals surface area (Å²) in [5, 5.41) is 6.98. The molecule has 1 aliphatic rings. The van der Waals surface area contributed by atoms with Crippen LogP contribution in [0.4, 0.5) is 0 Å². The average Bonchev–Trinajstić information content (AvgIpc) is 3.15. The molecule has 0 bridgehead atoms. The first kappa shape index (κ1) is 19.4. The highest BCUT2D eigenvalue weighted by Gasteiger charge is 2.26. The fraction of sp³-hybridized carbons (Fsp3) is 0.316. The number of H-pyrrole nitrogens is 1. The van der Waals surface area contributed by atoms with Crippen molar-refractivity contribution in [3.8, 4) is 0 Å². The van der Waals surface area contributed by atoms with E-state index in [0.29, 0.717) is 34.8 Å². The van der Waals surface area contributed by atoms with Crippen molar-refractivity contribution in [3.05, 3.63) is 52.4 Å². The largest absolute Gasteiger partial charge is 0.358 e. The molecule has 0 saturated carbocycles. The van der Waals surface area contributed by atoms with Gasteiger partial charge in [0, 0.05) is 36.9 Å². The van der Waals surface area contributed by atoms with E-state index in [9.17, 15) is 9.59 Å². The number of hydrogen-bond donors (Lipinski definition) is 3. The molecule has 3 heterocycles. The second kappa shape index (κ2) is 8.13. The van der Waals surface area contributed by atoms with Gasteiger partial charge in [-0.05, 0) is 39.6 Å². The molecule has 2 aromatic rings. The van der Waals surface area contributed by atoms with Crippen LogP contribution < -0.4 is 10.7 Å². The third-order valence-electron chi connectivity index (χ3n) is 4.41. The van der Waals surface area contributed by atoms with Crippen LogP contribution in [0.15, 0.2) is 29.3 Å². The highest BCUT2D eigenvalue weighted by molar-refractivity contribution is 6.32. The number of aryl methyl sites for hydroxylation is 1. The number of likely N-dealkylation sites (N-methyl/N-ethyl adjacent to an activating group) is 1. The van der Waals surface area contributed by atoms with Crippen molar-refractivity contribution < 1.29 is 9.59 Å². The summed E-state index contributed by atoms with van der Waals surface area (Å²) in [5.74, 6) is -0.472. The molecular weight excluding hydrogens is 358 g/mol. The van der Waals surface area contributed by atoms with Crippen LogP contribution in [0.3, 0.4) is 0 Å². The van der Waals surface area contributed by atoms with Crippen LogP contribution in [0.5, 0.6) is 0 Å². The van der Waals surface area contributed by atoms with Gasteiger partial charge in [-0.25, -0.2) is 5.43 Å². The Bertz CT molecular complexity index is 958. The fourth-order valence-electron chi connectivity index (χ4n) is 2.97. The summed E-state index contributed by atoms with van der Waals surface area (Å²) in [6, 6.07) is 0. The molecule has 0 spiro atoms. The molecule has 3 rings (SSSR count). The van der Waals surface area contributed by atoms with E-state index in [1.807, 2.05) is 32.8 Å². The maximum atomic E-state index is 12.6. The number of hydrazone groups is 1. The van der Waals surface area contributed by atoms with Crippen molar-refractivity contribution >= 4 is 23.6 Å². The quantitative estimate of drug-likeness (QED) is 0.635. The van der Waals surface area contributed by atoms with Crippen molar-refractivity contribution in [2.24, 2.45) is 5.10 Å². The molecule has 0 aromatic carbocycles. The minimum atomic E-state index is -0.329. The van der Waals surface area contributed by atoms with Gasteiger partial charge in [0.1, 0.15) is 11.4 Å². The van der Waals surface area contributed by atoms with E-state index in [1.165, 1.54) is 0 Å². The van der Waals surface area contributed by atoms with Gasteiger partial charge in [0.05, 0.1) is 17.3 Å². The molecule has 28 heavy (non-hydrogen) atoms. The van der Waals surface area contributed by atoms with Crippen LogP contribution in [-0.4, -0.2) is 64.6 Å². The Hall–Kier alpha value is -3.33. The van der Waals surface area contributed by atoms with Crippen LogP contribution in [0.1, 0.15) is 33.0 Å². The summed E-state index contributed by atoms with van der Waals surface area (Å²) >= 11 is 0. The number of nitrogens with one attached hydrogen (secondary N) is 3. The third-order valence-corrected chi connectivity index (χ3v) is 4.41. The normalized spacial score (nSPS) is 15.1. The monoisotopic (exact) mass is 381 g/mol. The Labute approximate surface area is 163 Å². The smallest absolute Gasteiger partial charge is 0.273 e. The summed E-state index contributed by atoms with van der Waals surface area (Å²) in [6.45, 7) is 4.99. The van der Waals surface area contributed by atoms with E-state index in [2.05, 4.69) is 30.8 Å². The van der Waals surface area contributed by atoms with Crippen molar-refractivity contribution in [1.82, 2.24) is 30.6 Å². The van der Waals surface area contributed by atoms with E-state index in [4.69, 9.17) is 0 Å². The van der Waals surface area contributed by atoms with E-state index in [0.717, 1.165) is 17.8 Å². The Morgan fingerprint density at radius 2 is 2.07 bits per heavy atom. The predicted octanol–water partition coefficient (Wildman–Crippen LogP) is 0.630. The molecule has 2 aromatic heterocycles. The van der Waals surface area contributed by atoms with Gasteiger partial charge in [0.25, 0.3) is 11.8 Å². The Morgan fingerprint density at radius 1 is 1.29 bits per heavy atom. The fourth-order valence-corrected chi connectivity index (χ4v) is 2.97. The Balaban J connectivity index is 1.89. The predicted molar refractivity (Wildman–Crippen MR) is 106 cm³/mol. The first-order chi connectivity index (χ1) is 13.4. The lowest BCUT2D eigenvalue weighted by Gasteiger charge is -2.10. The second-order valence-corrected chi connectivity index (χ2v) is 6.77. The molecule has 2 amide bonds. The Kier molecular flexibility index (Phi) is 5.65. The third kappa shape index (κ3) is 3.99. The molecule has 146 valence electrons. The van der Waals surface area contributed by atoms with Crippen molar-refractivity contribution in [1.29, 1.82) is 0 Å². The van der Waals surface area contributed by atoms with Gasteiger partial charge in [0.15, 0.2) is 0 Å². The summed E-state index contributed by atoms with van der Waals surface area (Å²) in [5.41, 5.74) is 6.51. The minimum Gasteiger partial charge on any atom is -0.358 e. The molecule has 1 aliphatic heterocycles. The van der Waals surface area contributed by atoms with Gasteiger partial charge in [0.2, 0.25) is 0 Å². The Morgan fingerprint density at radius 3 is 2.75 bits per heavy atom. The van der Waals surface area contributed by atoms with E-state index >= 15 is 0 Å². The van der Waals surface area contributed by atoms with Gasteiger partial charge in [-0.3, -0.25) is 19.6 Å². The van der Waals surface area contributed by atoms with Crippen molar-refractivity contribution in [3.63, 3.8) is 0 Å². The molecule has 9 heteroatoms. The standard InChI is InChI=1S/C19H23N7O2/c1-11-14(23-12(2)16(11)19(28)22-7-8-26(3)4)9-13-17(24-25-18(13)27)15-10-20-5-6-21-15/h5-6,9-10,23H,7-8H2,1-4H3,(H,22,28)(H,25,27). The number of nitrogens with zero attached hydrogens (tertiary/aromatic N) is 4. The van der Waals surface area contributed by atoms with Gasteiger partial charge < -0.3 is 15.2 Å². The van der Waals surface area contributed by atoms with Crippen LogP contribution in [0, 0.1) is 13.8 Å². The highest BCUT2D eigenvalue weighted by Crippen LogP contribution is 2.22. The van der Waals surface area contributed by atoms with E-state index < -0.39 is 0 Å². The van der Waals surface area contributed by atoms with E-state index in [-0.39, 0.29) is 11.8 Å². The lowest BCUT2D eigenvalue weighted by Crippen LogP contribution is -2.31. The molecule has 0 atom stereocenters. The molecule has 0 saturated heterocycles. The molecule has 0 unspecified atom stereocenters.